The quantitative estimate of drug-likeness (QED) is 0.564. The second-order valence-electron chi connectivity index (χ2n) is 8.19. The number of sulfone groups is 1. The van der Waals surface area contributed by atoms with Crippen molar-refractivity contribution in [2.24, 2.45) is 0 Å². The summed E-state index contributed by atoms with van der Waals surface area (Å²) in [5.74, 6) is -0.214. The average molecular weight is 456 g/mol. The molecular formula is C24H29N3O4S. The summed E-state index contributed by atoms with van der Waals surface area (Å²) in [6, 6.07) is 14.8. The van der Waals surface area contributed by atoms with Crippen LogP contribution in [0.25, 0.3) is 10.9 Å². The fourth-order valence-electron chi connectivity index (χ4n) is 3.96. The van der Waals surface area contributed by atoms with Crippen LogP contribution in [0.2, 0.25) is 0 Å². The number of benzene rings is 2. The molecule has 4 rings (SSSR count). The number of nitrogens with zero attached hydrogens (tertiary/aromatic N) is 2. The van der Waals surface area contributed by atoms with Crippen molar-refractivity contribution in [1.82, 2.24) is 14.8 Å². The fourth-order valence-corrected chi connectivity index (χ4v) is 5.54. The molecule has 0 aliphatic carbocycles. The highest BCUT2D eigenvalue weighted by atomic mass is 32.2. The Labute approximate surface area is 188 Å². The van der Waals surface area contributed by atoms with E-state index in [4.69, 9.17) is 4.74 Å². The number of amides is 1. The Hall–Kier alpha value is -2.68. The highest BCUT2D eigenvalue weighted by Crippen LogP contribution is 2.28. The van der Waals surface area contributed by atoms with Crippen molar-refractivity contribution in [1.29, 1.82) is 0 Å². The van der Waals surface area contributed by atoms with Crippen molar-refractivity contribution in [2.75, 3.05) is 39.4 Å². The van der Waals surface area contributed by atoms with Gasteiger partial charge in [-0.2, -0.15) is 0 Å². The third-order valence-electron chi connectivity index (χ3n) is 5.73. The topological polar surface area (TPSA) is 80.6 Å². The first-order chi connectivity index (χ1) is 15.4. The van der Waals surface area contributed by atoms with Gasteiger partial charge in [0, 0.05) is 43.3 Å². The first kappa shape index (κ1) is 22.5. The number of fused-ring (bicyclic) bond motifs is 1. The predicted octanol–water partition coefficient (Wildman–Crippen LogP) is 2.37. The zero-order chi connectivity index (χ0) is 22.6. The highest BCUT2D eigenvalue weighted by Gasteiger charge is 2.22. The molecule has 8 heteroatoms. The van der Waals surface area contributed by atoms with Crippen molar-refractivity contribution >= 4 is 26.6 Å². The Morgan fingerprint density at radius 1 is 1.06 bits per heavy atom. The number of aryl methyl sites for hydroxylation is 1. The minimum Gasteiger partial charge on any atom is -0.379 e. The molecule has 0 bridgehead atoms. The number of rotatable bonds is 8. The van der Waals surface area contributed by atoms with Crippen LogP contribution in [-0.4, -0.2) is 63.2 Å². The van der Waals surface area contributed by atoms with Crippen LogP contribution in [0.4, 0.5) is 0 Å². The number of carbonyl (C=O) groups is 1. The molecular weight excluding hydrogens is 426 g/mol. The number of nitrogens with one attached hydrogen (secondary N) is 1. The number of hydrogen-bond acceptors (Lipinski definition) is 5. The third-order valence-corrected chi connectivity index (χ3v) is 7.44. The van der Waals surface area contributed by atoms with Crippen molar-refractivity contribution in [3.8, 4) is 0 Å². The number of carbonyl (C=O) groups excluding carboxylic acids is 1. The molecule has 0 spiro atoms. The minimum atomic E-state index is -3.57. The van der Waals surface area contributed by atoms with Gasteiger partial charge in [-0.3, -0.25) is 9.69 Å². The Balaban J connectivity index is 1.48. The van der Waals surface area contributed by atoms with Crippen LogP contribution in [0.3, 0.4) is 0 Å². The lowest BCUT2D eigenvalue weighted by atomic mass is 10.2. The van der Waals surface area contributed by atoms with Crippen LogP contribution >= 0.6 is 0 Å². The normalized spacial score (nSPS) is 15.2. The van der Waals surface area contributed by atoms with E-state index in [0.29, 0.717) is 11.9 Å². The van der Waals surface area contributed by atoms with E-state index in [2.05, 4.69) is 10.2 Å². The molecule has 0 unspecified atom stereocenters. The van der Waals surface area contributed by atoms with E-state index < -0.39 is 9.84 Å². The minimum absolute atomic E-state index is 0.0731. The Morgan fingerprint density at radius 2 is 1.78 bits per heavy atom. The van der Waals surface area contributed by atoms with Crippen molar-refractivity contribution in [3.05, 3.63) is 65.9 Å². The molecule has 0 atom stereocenters. The van der Waals surface area contributed by atoms with E-state index in [1.165, 1.54) is 0 Å². The number of aromatic nitrogens is 1. The Kier molecular flexibility index (Phi) is 6.93. The highest BCUT2D eigenvalue weighted by molar-refractivity contribution is 7.90. The fraction of sp³-hybridized carbons (Fsp3) is 0.375. The van der Waals surface area contributed by atoms with E-state index in [-0.39, 0.29) is 23.1 Å². The molecule has 0 radical (unpaired) electrons. The molecule has 170 valence electrons. The molecule has 3 aromatic rings. The van der Waals surface area contributed by atoms with E-state index >= 15 is 0 Å². The standard InChI is InChI=1S/C24H29N3O4S/c1-19-6-8-20(9-7-19)18-32(29,30)23-16-27(22-5-3-2-4-21(22)23)17-24(28)25-10-11-26-12-14-31-15-13-26/h2-9,16H,10-15,17-18H2,1H3,(H,25,28). The van der Waals surface area contributed by atoms with Crippen LogP contribution in [0.5, 0.6) is 0 Å². The first-order valence-electron chi connectivity index (χ1n) is 10.9. The molecule has 32 heavy (non-hydrogen) atoms. The molecule has 1 amide bonds. The summed E-state index contributed by atoms with van der Waals surface area (Å²) in [7, 11) is -3.57. The van der Waals surface area contributed by atoms with Crippen LogP contribution in [0.15, 0.2) is 59.6 Å². The summed E-state index contributed by atoms with van der Waals surface area (Å²) in [6.45, 7) is 6.57. The van der Waals surface area contributed by atoms with Gasteiger partial charge in [0.25, 0.3) is 0 Å². The lowest BCUT2D eigenvalue weighted by Crippen LogP contribution is -2.41. The molecule has 0 saturated carbocycles. The molecule has 1 aromatic heterocycles. The smallest absolute Gasteiger partial charge is 0.239 e. The van der Waals surface area contributed by atoms with Crippen molar-refractivity contribution in [3.63, 3.8) is 0 Å². The maximum atomic E-state index is 13.2. The average Bonchev–Trinajstić information content (AvgIpc) is 3.15. The van der Waals surface area contributed by atoms with Crippen LogP contribution < -0.4 is 5.32 Å². The maximum absolute atomic E-state index is 13.2. The Morgan fingerprint density at radius 3 is 2.53 bits per heavy atom. The summed E-state index contributed by atoms with van der Waals surface area (Å²) in [6.07, 6.45) is 1.59. The van der Waals surface area contributed by atoms with Crippen molar-refractivity contribution < 1.29 is 17.9 Å². The molecule has 1 N–H and O–H groups in total. The van der Waals surface area contributed by atoms with Gasteiger partial charge in [-0.15, -0.1) is 0 Å². The van der Waals surface area contributed by atoms with Gasteiger partial charge in [0.05, 0.1) is 23.9 Å². The van der Waals surface area contributed by atoms with E-state index in [0.717, 1.165) is 49.5 Å². The van der Waals surface area contributed by atoms with E-state index in [1.54, 1.807) is 16.8 Å². The number of morpholine rings is 1. The summed E-state index contributed by atoms with van der Waals surface area (Å²) in [4.78, 5) is 15.1. The maximum Gasteiger partial charge on any atom is 0.239 e. The summed E-state index contributed by atoms with van der Waals surface area (Å²) in [5, 5.41) is 3.58. The lowest BCUT2D eigenvalue weighted by molar-refractivity contribution is -0.121. The molecule has 1 fully saturated rings. The Bertz CT molecular complexity index is 1180. The second-order valence-corrected chi connectivity index (χ2v) is 10.1. The van der Waals surface area contributed by atoms with Gasteiger partial charge in [-0.05, 0) is 18.6 Å². The van der Waals surface area contributed by atoms with Gasteiger partial charge in [0.1, 0.15) is 6.54 Å². The van der Waals surface area contributed by atoms with Crippen molar-refractivity contribution in [2.45, 2.75) is 24.1 Å². The van der Waals surface area contributed by atoms with Gasteiger partial charge < -0.3 is 14.6 Å². The SMILES string of the molecule is Cc1ccc(CS(=O)(=O)c2cn(CC(=O)NCCN3CCOCC3)c3ccccc23)cc1. The molecule has 1 aliphatic heterocycles. The number of ether oxygens (including phenoxy) is 1. The molecule has 1 aliphatic rings. The van der Waals surface area contributed by atoms with E-state index in [9.17, 15) is 13.2 Å². The molecule has 2 aromatic carbocycles. The zero-order valence-electron chi connectivity index (χ0n) is 18.3. The van der Waals surface area contributed by atoms with Crippen LogP contribution in [0, 0.1) is 6.92 Å². The van der Waals surface area contributed by atoms with Gasteiger partial charge >= 0.3 is 0 Å². The summed E-state index contributed by atoms with van der Waals surface area (Å²) < 4.78 is 33.5. The second kappa shape index (κ2) is 9.85. The van der Waals surface area contributed by atoms with Gasteiger partial charge in [0.2, 0.25) is 5.91 Å². The predicted molar refractivity (Wildman–Crippen MR) is 124 cm³/mol. The van der Waals surface area contributed by atoms with E-state index in [1.807, 2.05) is 49.4 Å². The number of hydrogen-bond donors (Lipinski definition) is 1. The molecule has 7 nitrogen and oxygen atoms in total. The van der Waals surface area contributed by atoms with Gasteiger partial charge in [-0.1, -0.05) is 48.0 Å². The first-order valence-corrected chi connectivity index (χ1v) is 12.5. The van der Waals surface area contributed by atoms with Crippen LogP contribution in [0.1, 0.15) is 11.1 Å². The summed E-state index contributed by atoms with van der Waals surface area (Å²) in [5.41, 5.74) is 2.56. The zero-order valence-corrected chi connectivity index (χ0v) is 19.1. The lowest BCUT2D eigenvalue weighted by Gasteiger charge is -2.26. The molecule has 1 saturated heterocycles. The summed E-state index contributed by atoms with van der Waals surface area (Å²) >= 11 is 0. The molecule has 2 heterocycles. The largest absolute Gasteiger partial charge is 0.379 e. The van der Waals surface area contributed by atoms with Crippen LogP contribution in [-0.2, 0) is 31.7 Å². The number of para-hydroxylation sites is 1. The van der Waals surface area contributed by atoms with Gasteiger partial charge in [-0.25, -0.2) is 8.42 Å². The monoisotopic (exact) mass is 455 g/mol. The van der Waals surface area contributed by atoms with Gasteiger partial charge in [0.15, 0.2) is 9.84 Å². The third kappa shape index (κ3) is 5.38.